The summed E-state index contributed by atoms with van der Waals surface area (Å²) in [4.78, 5) is 16.9. The second-order valence-electron chi connectivity index (χ2n) is 4.89. The van der Waals surface area contributed by atoms with Gasteiger partial charge in [0.15, 0.2) is 0 Å². The number of aromatic nitrogens is 1. The van der Waals surface area contributed by atoms with E-state index in [1.807, 2.05) is 12.1 Å². The van der Waals surface area contributed by atoms with Crippen molar-refractivity contribution in [1.29, 1.82) is 0 Å². The van der Waals surface area contributed by atoms with Crippen molar-refractivity contribution in [3.05, 3.63) is 17.8 Å². The zero-order valence-electron chi connectivity index (χ0n) is 11.6. The summed E-state index contributed by atoms with van der Waals surface area (Å²) < 4.78 is 0. The lowest BCUT2D eigenvalue weighted by molar-refractivity contribution is -0.113. The van der Waals surface area contributed by atoms with E-state index in [1.54, 1.807) is 11.8 Å². The molecule has 1 saturated heterocycles. The van der Waals surface area contributed by atoms with Crippen LogP contribution < -0.4 is 16.0 Å². The first-order valence-electron chi connectivity index (χ1n) is 6.68. The first-order chi connectivity index (χ1) is 9.31. The van der Waals surface area contributed by atoms with Crippen LogP contribution in [0.3, 0.4) is 0 Å². The lowest BCUT2D eigenvalue weighted by Crippen LogP contribution is -2.39. The number of thioether (sulfide) groups is 1. The van der Waals surface area contributed by atoms with Crippen molar-refractivity contribution in [1.82, 2.24) is 15.6 Å². The molecule has 2 aliphatic rings. The van der Waals surface area contributed by atoms with Crippen LogP contribution in [-0.2, 0) is 11.3 Å². The van der Waals surface area contributed by atoms with Crippen LogP contribution in [0.4, 0.5) is 5.82 Å². The van der Waals surface area contributed by atoms with E-state index in [9.17, 15) is 4.79 Å². The van der Waals surface area contributed by atoms with Gasteiger partial charge < -0.3 is 16.0 Å². The Kier molecular flexibility index (Phi) is 7.76. The van der Waals surface area contributed by atoms with E-state index in [1.165, 1.54) is 0 Å². The third kappa shape index (κ3) is 5.00. The lowest BCUT2D eigenvalue weighted by Gasteiger charge is -2.24. The van der Waals surface area contributed by atoms with Gasteiger partial charge in [0.05, 0.1) is 16.3 Å². The molecule has 0 aromatic carbocycles. The Morgan fingerprint density at radius 1 is 1.29 bits per heavy atom. The maximum Gasteiger partial charge on any atom is 0.235 e. The molecule has 1 aromatic heterocycles. The van der Waals surface area contributed by atoms with Gasteiger partial charge in [-0.3, -0.25) is 4.79 Å². The molecule has 2 aliphatic heterocycles. The minimum absolute atomic E-state index is 0. The fourth-order valence-corrected chi connectivity index (χ4v) is 3.13. The molecule has 3 rings (SSSR count). The minimum atomic E-state index is 0. The highest BCUT2D eigenvalue weighted by molar-refractivity contribution is 8.00. The molecule has 0 unspecified atom stereocenters. The number of hydrogen-bond acceptors (Lipinski definition) is 5. The molecule has 118 valence electrons. The number of nitrogens with zero attached hydrogens (tertiary/aromatic N) is 1. The molecule has 5 nitrogen and oxygen atoms in total. The number of hydrogen-bond donors (Lipinski definition) is 3. The van der Waals surface area contributed by atoms with E-state index >= 15 is 0 Å². The third-order valence-electron chi connectivity index (χ3n) is 3.44. The van der Waals surface area contributed by atoms with Crippen molar-refractivity contribution >= 4 is 48.3 Å². The van der Waals surface area contributed by atoms with Gasteiger partial charge >= 0.3 is 0 Å². The number of pyridine rings is 1. The van der Waals surface area contributed by atoms with E-state index < -0.39 is 0 Å². The molecular weight excluding hydrogens is 331 g/mol. The van der Waals surface area contributed by atoms with Gasteiger partial charge in [0, 0.05) is 12.6 Å². The van der Waals surface area contributed by atoms with Crippen LogP contribution in [0.25, 0.3) is 0 Å². The van der Waals surface area contributed by atoms with Crippen LogP contribution in [0.2, 0.25) is 0 Å². The molecule has 21 heavy (non-hydrogen) atoms. The largest absolute Gasteiger partial charge is 0.317 e. The Bertz CT molecular complexity index is 483. The maximum absolute atomic E-state index is 11.3. The maximum atomic E-state index is 11.3. The Hall–Kier alpha value is -0.530. The number of halogens is 2. The van der Waals surface area contributed by atoms with Gasteiger partial charge in [-0.1, -0.05) is 0 Å². The summed E-state index contributed by atoms with van der Waals surface area (Å²) in [5.41, 5.74) is 0.986. The SMILES string of the molecule is Cl.Cl.O=C1CSc2ccc(CNC3CCNCC3)nc2N1. The van der Waals surface area contributed by atoms with Crippen LogP contribution in [0.1, 0.15) is 18.5 Å². The van der Waals surface area contributed by atoms with Crippen LogP contribution in [0, 0.1) is 0 Å². The van der Waals surface area contributed by atoms with E-state index in [4.69, 9.17) is 0 Å². The van der Waals surface area contributed by atoms with E-state index in [0.29, 0.717) is 17.6 Å². The molecule has 1 aromatic rings. The second kappa shape index (κ2) is 8.80. The topological polar surface area (TPSA) is 66.0 Å². The van der Waals surface area contributed by atoms with Crippen molar-refractivity contribution in [2.45, 2.75) is 30.3 Å². The van der Waals surface area contributed by atoms with E-state index in [0.717, 1.165) is 43.1 Å². The Balaban J connectivity index is 0.00000110. The van der Waals surface area contributed by atoms with Crippen LogP contribution in [-0.4, -0.2) is 35.8 Å². The summed E-state index contributed by atoms with van der Waals surface area (Å²) >= 11 is 1.55. The quantitative estimate of drug-likeness (QED) is 0.775. The predicted octanol–water partition coefficient (Wildman–Crippen LogP) is 1.81. The molecule has 3 N–H and O–H groups in total. The van der Waals surface area contributed by atoms with Crippen molar-refractivity contribution in [3.63, 3.8) is 0 Å². The summed E-state index contributed by atoms with van der Waals surface area (Å²) in [7, 11) is 0. The highest BCUT2D eigenvalue weighted by atomic mass is 35.5. The average Bonchev–Trinajstić information content (AvgIpc) is 2.46. The molecule has 1 amide bonds. The van der Waals surface area contributed by atoms with Crippen LogP contribution >= 0.6 is 36.6 Å². The zero-order valence-corrected chi connectivity index (χ0v) is 14.0. The van der Waals surface area contributed by atoms with Gasteiger partial charge in [-0.15, -0.1) is 36.6 Å². The van der Waals surface area contributed by atoms with E-state index in [-0.39, 0.29) is 30.7 Å². The number of anilines is 1. The molecule has 0 saturated carbocycles. The van der Waals surface area contributed by atoms with Crippen LogP contribution in [0.5, 0.6) is 0 Å². The van der Waals surface area contributed by atoms with Crippen molar-refractivity contribution in [2.24, 2.45) is 0 Å². The molecule has 1 fully saturated rings. The van der Waals surface area contributed by atoms with Crippen molar-refractivity contribution < 1.29 is 4.79 Å². The van der Waals surface area contributed by atoms with Gasteiger partial charge in [0.1, 0.15) is 5.82 Å². The van der Waals surface area contributed by atoms with Crippen molar-refractivity contribution in [2.75, 3.05) is 24.2 Å². The number of carbonyl (C=O) groups is 1. The fourth-order valence-electron chi connectivity index (χ4n) is 2.38. The molecule has 0 bridgehead atoms. The normalized spacial score (nSPS) is 18.0. The van der Waals surface area contributed by atoms with E-state index in [2.05, 4.69) is 20.9 Å². The number of rotatable bonds is 3. The molecule has 0 aliphatic carbocycles. The average molecular weight is 351 g/mol. The first-order valence-corrected chi connectivity index (χ1v) is 7.66. The summed E-state index contributed by atoms with van der Waals surface area (Å²) in [6, 6.07) is 4.66. The van der Waals surface area contributed by atoms with Gasteiger partial charge in [-0.25, -0.2) is 4.98 Å². The highest BCUT2D eigenvalue weighted by Crippen LogP contribution is 2.29. The Labute approximate surface area is 141 Å². The minimum Gasteiger partial charge on any atom is -0.317 e. The molecule has 8 heteroatoms. The molecule has 0 spiro atoms. The van der Waals surface area contributed by atoms with Gasteiger partial charge in [-0.2, -0.15) is 0 Å². The number of carbonyl (C=O) groups excluding carboxylic acids is 1. The standard InChI is InChI=1S/C13H18N4OS.2ClH/c18-12-8-19-11-2-1-10(16-13(11)17-12)7-15-9-3-5-14-6-4-9;;/h1-2,9,14-15H,3-8H2,(H,16,17,18);2*1H. The predicted molar refractivity (Wildman–Crippen MR) is 90.8 cm³/mol. The molecule has 0 radical (unpaired) electrons. The van der Waals surface area contributed by atoms with Gasteiger partial charge in [-0.05, 0) is 38.1 Å². The Morgan fingerprint density at radius 3 is 2.81 bits per heavy atom. The number of nitrogens with one attached hydrogen (secondary N) is 3. The number of fused-ring (bicyclic) bond motifs is 1. The Morgan fingerprint density at radius 2 is 2.05 bits per heavy atom. The lowest BCUT2D eigenvalue weighted by atomic mass is 10.1. The molecule has 0 atom stereocenters. The monoisotopic (exact) mass is 350 g/mol. The first kappa shape index (κ1) is 18.5. The summed E-state index contributed by atoms with van der Waals surface area (Å²) in [5, 5.41) is 9.72. The fraction of sp³-hybridized carbons (Fsp3) is 0.538. The molecular formula is C13H20Cl2N4OS. The molecule has 3 heterocycles. The van der Waals surface area contributed by atoms with Gasteiger partial charge in [0.2, 0.25) is 5.91 Å². The third-order valence-corrected chi connectivity index (χ3v) is 4.49. The zero-order chi connectivity index (χ0) is 13.1. The van der Waals surface area contributed by atoms with Gasteiger partial charge in [0.25, 0.3) is 0 Å². The second-order valence-corrected chi connectivity index (χ2v) is 5.91. The summed E-state index contributed by atoms with van der Waals surface area (Å²) in [6.07, 6.45) is 2.33. The van der Waals surface area contributed by atoms with Crippen molar-refractivity contribution in [3.8, 4) is 0 Å². The number of piperidine rings is 1. The summed E-state index contributed by atoms with van der Waals surface area (Å²) in [5.74, 6) is 1.24. The summed E-state index contributed by atoms with van der Waals surface area (Å²) in [6.45, 7) is 2.93. The number of amides is 1. The van der Waals surface area contributed by atoms with Crippen LogP contribution in [0.15, 0.2) is 17.0 Å². The highest BCUT2D eigenvalue weighted by Gasteiger charge is 2.17. The smallest absolute Gasteiger partial charge is 0.235 e.